The topological polar surface area (TPSA) is 23.8 Å². The molecule has 1 aromatic carbocycles. The maximum Gasteiger partial charge on any atom is 0.0693 e. The first-order valence-corrected chi connectivity index (χ1v) is 7.76. The van der Waals surface area contributed by atoms with E-state index in [1.54, 1.807) is 6.07 Å². The van der Waals surface area contributed by atoms with Crippen molar-refractivity contribution in [3.05, 3.63) is 33.8 Å². The molecule has 0 heterocycles. The first-order chi connectivity index (χ1) is 9.15. The summed E-state index contributed by atoms with van der Waals surface area (Å²) in [6, 6.07) is 8.11. The Bertz CT molecular complexity index is 468. The van der Waals surface area contributed by atoms with Crippen molar-refractivity contribution in [1.82, 2.24) is 0 Å². The first-order valence-electron chi connectivity index (χ1n) is 7.00. The van der Waals surface area contributed by atoms with Crippen LogP contribution in [0.1, 0.15) is 50.5 Å². The van der Waals surface area contributed by atoms with Gasteiger partial charge in [0, 0.05) is 10.0 Å². The molecule has 3 heteroatoms. The Morgan fingerprint density at radius 3 is 2.32 bits per heavy atom. The summed E-state index contributed by atoms with van der Waals surface area (Å²) in [5, 5.41) is 11.1. The molecule has 1 nitrogen and oxygen atoms in total. The number of hydrogen-bond donors (Lipinski definition) is 0. The average Bonchev–Trinajstić information content (AvgIpc) is 2.37. The normalized spacial score (nSPS) is 19.2. The minimum atomic E-state index is -0.255. The van der Waals surface area contributed by atoms with Gasteiger partial charge in [-0.05, 0) is 43.0 Å². The van der Waals surface area contributed by atoms with Gasteiger partial charge in [-0.2, -0.15) is 5.26 Å². The molecule has 0 unspecified atom stereocenters. The highest BCUT2D eigenvalue weighted by Crippen LogP contribution is 2.38. The van der Waals surface area contributed by atoms with Gasteiger partial charge in [0.05, 0.1) is 11.5 Å². The first kappa shape index (κ1) is 14.7. The molecule has 102 valence electrons. The van der Waals surface area contributed by atoms with Gasteiger partial charge in [-0.15, -0.1) is 0 Å². The van der Waals surface area contributed by atoms with Gasteiger partial charge in [-0.3, -0.25) is 0 Å². The molecule has 1 fully saturated rings. The molecule has 0 atom stereocenters. The van der Waals surface area contributed by atoms with Crippen molar-refractivity contribution >= 4 is 23.2 Å². The highest BCUT2D eigenvalue weighted by molar-refractivity contribution is 6.33. The Morgan fingerprint density at radius 2 is 1.68 bits per heavy atom. The van der Waals surface area contributed by atoms with E-state index in [9.17, 15) is 5.26 Å². The largest absolute Gasteiger partial charge is 0.198 e. The van der Waals surface area contributed by atoms with Crippen molar-refractivity contribution in [2.45, 2.75) is 51.4 Å². The van der Waals surface area contributed by atoms with Crippen LogP contribution in [0.15, 0.2) is 18.2 Å². The lowest BCUT2D eigenvalue weighted by atomic mass is 9.73. The van der Waals surface area contributed by atoms with E-state index in [-0.39, 0.29) is 5.41 Å². The van der Waals surface area contributed by atoms with Gasteiger partial charge in [0.1, 0.15) is 0 Å². The third-order valence-corrected chi connectivity index (χ3v) is 4.69. The maximum atomic E-state index is 9.65. The third-order valence-electron chi connectivity index (χ3n) is 4.08. The van der Waals surface area contributed by atoms with E-state index < -0.39 is 0 Å². The fourth-order valence-electron chi connectivity index (χ4n) is 2.95. The van der Waals surface area contributed by atoms with Gasteiger partial charge in [0.2, 0.25) is 0 Å². The zero-order valence-electron chi connectivity index (χ0n) is 11.1. The second kappa shape index (κ2) is 6.64. The number of nitrogens with zero attached hydrogens (tertiary/aromatic N) is 1. The number of rotatable bonds is 2. The summed E-state index contributed by atoms with van der Waals surface area (Å²) in [5.74, 6) is 0. The van der Waals surface area contributed by atoms with Crippen molar-refractivity contribution in [2.75, 3.05) is 0 Å². The molecular formula is C16H19Cl2N. The summed E-state index contributed by atoms with van der Waals surface area (Å²) >= 11 is 12.3. The molecule has 1 aromatic rings. The second-order valence-electron chi connectivity index (χ2n) is 5.57. The fourth-order valence-corrected chi connectivity index (χ4v) is 3.33. The average molecular weight is 296 g/mol. The van der Waals surface area contributed by atoms with Crippen molar-refractivity contribution < 1.29 is 0 Å². The molecule has 0 spiro atoms. The Kier molecular flexibility index (Phi) is 5.13. The lowest BCUT2D eigenvalue weighted by molar-refractivity contribution is 0.287. The predicted octanol–water partition coefficient (Wildman–Crippen LogP) is 5.79. The molecule has 1 aliphatic carbocycles. The zero-order valence-corrected chi connectivity index (χ0v) is 12.6. The van der Waals surface area contributed by atoms with Gasteiger partial charge >= 0.3 is 0 Å². The summed E-state index contributed by atoms with van der Waals surface area (Å²) in [4.78, 5) is 0. The molecule has 0 N–H and O–H groups in total. The summed E-state index contributed by atoms with van der Waals surface area (Å²) in [6.45, 7) is 0. The van der Waals surface area contributed by atoms with E-state index >= 15 is 0 Å². The monoisotopic (exact) mass is 295 g/mol. The van der Waals surface area contributed by atoms with Crippen LogP contribution >= 0.6 is 23.2 Å². The molecule has 1 saturated carbocycles. The fraction of sp³-hybridized carbons (Fsp3) is 0.562. The standard InChI is InChI=1S/C16H19Cl2N/c17-14-6-7-15(18)13(10-14)11-16(12-19)8-4-2-1-3-5-9-16/h6-7,10H,1-5,8-9,11H2. The molecule has 0 aromatic heterocycles. The highest BCUT2D eigenvalue weighted by atomic mass is 35.5. The van der Waals surface area contributed by atoms with E-state index in [4.69, 9.17) is 23.2 Å². The van der Waals surface area contributed by atoms with Gasteiger partial charge in [-0.1, -0.05) is 55.3 Å². The van der Waals surface area contributed by atoms with E-state index in [1.165, 1.54) is 19.3 Å². The molecule has 0 radical (unpaired) electrons. The molecule has 2 rings (SSSR count). The maximum absolute atomic E-state index is 9.65. The minimum Gasteiger partial charge on any atom is -0.198 e. The Labute approximate surface area is 125 Å². The van der Waals surface area contributed by atoms with Crippen LogP contribution in [0.4, 0.5) is 0 Å². The number of nitriles is 1. The molecule has 0 saturated heterocycles. The van der Waals surface area contributed by atoms with Crippen LogP contribution in [0.3, 0.4) is 0 Å². The summed E-state index contributed by atoms with van der Waals surface area (Å²) in [6.07, 6.45) is 8.76. The van der Waals surface area contributed by atoms with Crippen LogP contribution < -0.4 is 0 Å². The van der Waals surface area contributed by atoms with Crippen molar-refractivity contribution in [2.24, 2.45) is 5.41 Å². The van der Waals surface area contributed by atoms with Crippen molar-refractivity contribution in [3.63, 3.8) is 0 Å². The van der Waals surface area contributed by atoms with Crippen molar-refractivity contribution in [1.29, 1.82) is 5.26 Å². The molecule has 19 heavy (non-hydrogen) atoms. The summed E-state index contributed by atoms with van der Waals surface area (Å²) in [5.41, 5.74) is 0.755. The number of benzene rings is 1. The quantitative estimate of drug-likeness (QED) is 0.677. The summed E-state index contributed by atoms with van der Waals surface area (Å²) in [7, 11) is 0. The molecule has 1 aliphatic rings. The van der Waals surface area contributed by atoms with Crippen LogP contribution in [-0.2, 0) is 6.42 Å². The van der Waals surface area contributed by atoms with Gasteiger partial charge in [0.15, 0.2) is 0 Å². The van der Waals surface area contributed by atoms with E-state index in [0.717, 1.165) is 42.7 Å². The minimum absolute atomic E-state index is 0.255. The molecule has 0 amide bonds. The van der Waals surface area contributed by atoms with E-state index in [0.29, 0.717) is 5.02 Å². The Morgan fingerprint density at radius 1 is 1.05 bits per heavy atom. The molecule has 0 aliphatic heterocycles. The van der Waals surface area contributed by atoms with Crippen LogP contribution in [0.5, 0.6) is 0 Å². The SMILES string of the molecule is N#CC1(Cc2cc(Cl)ccc2Cl)CCCCCCC1. The van der Waals surface area contributed by atoms with Crippen LogP contribution in [0, 0.1) is 16.7 Å². The Balaban J connectivity index is 2.21. The number of hydrogen-bond acceptors (Lipinski definition) is 1. The van der Waals surface area contributed by atoms with Gasteiger partial charge < -0.3 is 0 Å². The van der Waals surface area contributed by atoms with E-state index in [1.807, 2.05) is 12.1 Å². The predicted molar refractivity (Wildman–Crippen MR) is 80.5 cm³/mol. The van der Waals surface area contributed by atoms with Crippen molar-refractivity contribution in [3.8, 4) is 6.07 Å². The number of halogens is 2. The second-order valence-corrected chi connectivity index (χ2v) is 6.42. The van der Waals surface area contributed by atoms with Gasteiger partial charge in [0.25, 0.3) is 0 Å². The molecule has 0 bridgehead atoms. The smallest absolute Gasteiger partial charge is 0.0693 e. The Hall–Kier alpha value is -0.710. The van der Waals surface area contributed by atoms with Gasteiger partial charge in [-0.25, -0.2) is 0 Å². The van der Waals surface area contributed by atoms with E-state index in [2.05, 4.69) is 6.07 Å². The zero-order chi connectivity index (χ0) is 13.7. The lowest BCUT2D eigenvalue weighted by Gasteiger charge is -2.29. The highest BCUT2D eigenvalue weighted by Gasteiger charge is 2.31. The molecular weight excluding hydrogens is 277 g/mol. The van der Waals surface area contributed by atoms with Crippen LogP contribution in [-0.4, -0.2) is 0 Å². The lowest BCUT2D eigenvalue weighted by Crippen LogP contribution is -2.23. The third kappa shape index (κ3) is 3.88. The van der Waals surface area contributed by atoms with Crippen LogP contribution in [0.25, 0.3) is 0 Å². The van der Waals surface area contributed by atoms with Crippen LogP contribution in [0.2, 0.25) is 10.0 Å². The summed E-state index contributed by atoms with van der Waals surface area (Å²) < 4.78 is 0.